The fraction of sp³-hybridized carbons (Fsp3) is 0.500. The van der Waals surface area contributed by atoms with Crippen LogP contribution in [0.3, 0.4) is 0 Å². The summed E-state index contributed by atoms with van der Waals surface area (Å²) in [6.45, 7) is 3.20. The summed E-state index contributed by atoms with van der Waals surface area (Å²) in [6.07, 6.45) is 2.28. The Bertz CT molecular complexity index is 419. The average molecular weight is 247 g/mol. The van der Waals surface area contributed by atoms with Gasteiger partial charge < -0.3 is 10.8 Å². The van der Waals surface area contributed by atoms with Crippen molar-refractivity contribution in [1.29, 1.82) is 5.41 Å². The molecule has 0 saturated carbocycles. The average Bonchev–Trinajstić information content (AvgIpc) is 2.39. The van der Waals surface area contributed by atoms with Gasteiger partial charge in [0.1, 0.15) is 5.84 Å². The van der Waals surface area contributed by atoms with Crippen LogP contribution in [0.25, 0.3) is 0 Å². The van der Waals surface area contributed by atoms with E-state index in [1.807, 2.05) is 18.2 Å². The lowest BCUT2D eigenvalue weighted by Gasteiger charge is -2.31. The number of hydrogen-bond donors (Lipinski definition) is 3. The van der Waals surface area contributed by atoms with Crippen molar-refractivity contribution in [1.82, 2.24) is 4.90 Å². The Labute approximate surface area is 108 Å². The molecule has 1 aromatic carbocycles. The van der Waals surface area contributed by atoms with Crippen LogP contribution in [0.2, 0.25) is 0 Å². The highest BCUT2D eigenvalue weighted by Crippen LogP contribution is 2.18. The van der Waals surface area contributed by atoms with Crippen molar-refractivity contribution in [3.05, 3.63) is 35.4 Å². The first kappa shape index (κ1) is 13.1. The normalized spacial score (nSPS) is 20.8. The third-order valence-electron chi connectivity index (χ3n) is 3.51. The SMILES string of the molecule is N=C(N)c1cccc(CN2CCCC(CO)C2)c1. The Morgan fingerprint density at radius 3 is 3.06 bits per heavy atom. The fourth-order valence-electron chi connectivity index (χ4n) is 2.54. The maximum Gasteiger partial charge on any atom is 0.122 e. The number of aliphatic hydroxyl groups is 1. The van der Waals surface area contributed by atoms with Crippen LogP contribution in [0.5, 0.6) is 0 Å². The molecular weight excluding hydrogens is 226 g/mol. The molecule has 1 atom stereocenters. The molecule has 4 N–H and O–H groups in total. The number of hydrogen-bond acceptors (Lipinski definition) is 3. The van der Waals surface area contributed by atoms with Crippen molar-refractivity contribution in [3.8, 4) is 0 Å². The fourth-order valence-corrected chi connectivity index (χ4v) is 2.54. The number of nitrogens with one attached hydrogen (secondary N) is 1. The molecule has 0 radical (unpaired) electrons. The second kappa shape index (κ2) is 5.98. The largest absolute Gasteiger partial charge is 0.396 e. The second-order valence-electron chi connectivity index (χ2n) is 5.04. The predicted molar refractivity (Wildman–Crippen MR) is 72.5 cm³/mol. The van der Waals surface area contributed by atoms with Gasteiger partial charge in [0.15, 0.2) is 0 Å². The van der Waals surface area contributed by atoms with Gasteiger partial charge in [-0.1, -0.05) is 18.2 Å². The standard InChI is InChI=1S/C14H21N3O/c15-14(16)13-5-1-3-11(7-13)8-17-6-2-4-12(9-17)10-18/h1,3,5,7,12,18H,2,4,6,8-10H2,(H3,15,16). The summed E-state index contributed by atoms with van der Waals surface area (Å²) in [4.78, 5) is 2.36. The van der Waals surface area contributed by atoms with E-state index in [1.165, 1.54) is 5.56 Å². The van der Waals surface area contributed by atoms with Crippen molar-refractivity contribution in [2.75, 3.05) is 19.7 Å². The first-order valence-corrected chi connectivity index (χ1v) is 6.45. The second-order valence-corrected chi connectivity index (χ2v) is 5.04. The van der Waals surface area contributed by atoms with Crippen molar-refractivity contribution in [2.45, 2.75) is 19.4 Å². The van der Waals surface area contributed by atoms with E-state index in [2.05, 4.69) is 11.0 Å². The van der Waals surface area contributed by atoms with E-state index in [0.717, 1.165) is 38.0 Å². The molecule has 0 spiro atoms. The Hall–Kier alpha value is -1.39. The lowest BCUT2D eigenvalue weighted by molar-refractivity contribution is 0.116. The van der Waals surface area contributed by atoms with Crippen molar-refractivity contribution in [3.63, 3.8) is 0 Å². The highest BCUT2D eigenvalue weighted by Gasteiger charge is 2.19. The molecule has 1 saturated heterocycles. The van der Waals surface area contributed by atoms with Crippen LogP contribution >= 0.6 is 0 Å². The zero-order valence-corrected chi connectivity index (χ0v) is 10.6. The van der Waals surface area contributed by atoms with E-state index >= 15 is 0 Å². The third kappa shape index (κ3) is 3.31. The van der Waals surface area contributed by atoms with Crippen LogP contribution in [0.1, 0.15) is 24.0 Å². The molecular formula is C14H21N3O. The zero-order chi connectivity index (χ0) is 13.0. The number of nitrogen functional groups attached to an aromatic ring is 1. The number of benzene rings is 1. The van der Waals surface area contributed by atoms with Gasteiger partial charge in [-0.2, -0.15) is 0 Å². The first-order chi connectivity index (χ1) is 8.69. The molecule has 0 bridgehead atoms. The van der Waals surface area contributed by atoms with Gasteiger partial charge in [-0.05, 0) is 36.9 Å². The van der Waals surface area contributed by atoms with Gasteiger partial charge in [-0.25, -0.2) is 0 Å². The van der Waals surface area contributed by atoms with Gasteiger partial charge in [0.05, 0.1) is 0 Å². The molecule has 18 heavy (non-hydrogen) atoms. The Morgan fingerprint density at radius 2 is 2.33 bits per heavy atom. The molecule has 4 nitrogen and oxygen atoms in total. The van der Waals surface area contributed by atoms with E-state index in [0.29, 0.717) is 5.92 Å². The quantitative estimate of drug-likeness (QED) is 0.552. The predicted octanol–water partition coefficient (Wildman–Crippen LogP) is 1.17. The number of likely N-dealkylation sites (tertiary alicyclic amines) is 1. The Balaban J connectivity index is 2.00. The van der Waals surface area contributed by atoms with Crippen LogP contribution in [0.15, 0.2) is 24.3 Å². The molecule has 0 aliphatic carbocycles. The molecule has 2 rings (SSSR count). The molecule has 1 aliphatic rings. The minimum atomic E-state index is 0.115. The Kier molecular flexibility index (Phi) is 4.33. The number of aliphatic hydroxyl groups excluding tert-OH is 1. The van der Waals surface area contributed by atoms with Crippen LogP contribution in [0.4, 0.5) is 0 Å². The Morgan fingerprint density at radius 1 is 1.50 bits per heavy atom. The van der Waals surface area contributed by atoms with E-state index in [9.17, 15) is 5.11 Å². The highest BCUT2D eigenvalue weighted by atomic mass is 16.3. The monoisotopic (exact) mass is 247 g/mol. The molecule has 4 heteroatoms. The van der Waals surface area contributed by atoms with Gasteiger partial charge in [0, 0.05) is 25.3 Å². The molecule has 0 amide bonds. The van der Waals surface area contributed by atoms with Crippen LogP contribution in [0, 0.1) is 11.3 Å². The molecule has 1 fully saturated rings. The highest BCUT2D eigenvalue weighted by molar-refractivity contribution is 5.95. The summed E-state index contributed by atoms with van der Waals surface area (Å²) >= 11 is 0. The van der Waals surface area contributed by atoms with Gasteiger partial charge >= 0.3 is 0 Å². The van der Waals surface area contributed by atoms with Crippen molar-refractivity contribution < 1.29 is 5.11 Å². The number of nitrogens with zero attached hydrogens (tertiary/aromatic N) is 1. The van der Waals surface area contributed by atoms with Gasteiger partial charge in [-0.15, -0.1) is 0 Å². The van der Waals surface area contributed by atoms with Crippen LogP contribution in [-0.2, 0) is 6.54 Å². The lowest BCUT2D eigenvalue weighted by atomic mass is 9.98. The van der Waals surface area contributed by atoms with E-state index in [4.69, 9.17) is 11.1 Å². The summed E-state index contributed by atoms with van der Waals surface area (Å²) in [5.74, 6) is 0.526. The lowest BCUT2D eigenvalue weighted by Crippen LogP contribution is -2.36. The summed E-state index contributed by atoms with van der Waals surface area (Å²) < 4.78 is 0. The van der Waals surface area contributed by atoms with Gasteiger partial charge in [0.2, 0.25) is 0 Å². The number of amidine groups is 1. The van der Waals surface area contributed by atoms with Crippen LogP contribution in [-0.4, -0.2) is 35.5 Å². The topological polar surface area (TPSA) is 73.3 Å². The molecule has 0 aromatic heterocycles. The number of rotatable bonds is 4. The molecule has 1 heterocycles. The van der Waals surface area contributed by atoms with Gasteiger partial charge in [-0.3, -0.25) is 10.3 Å². The summed E-state index contributed by atoms with van der Waals surface area (Å²) in [5.41, 5.74) is 7.46. The summed E-state index contributed by atoms with van der Waals surface area (Å²) in [6, 6.07) is 7.85. The summed E-state index contributed by atoms with van der Waals surface area (Å²) in [5, 5.41) is 16.7. The third-order valence-corrected chi connectivity index (χ3v) is 3.51. The summed E-state index contributed by atoms with van der Waals surface area (Å²) in [7, 11) is 0. The van der Waals surface area contributed by atoms with E-state index in [-0.39, 0.29) is 12.4 Å². The molecule has 1 unspecified atom stereocenters. The van der Waals surface area contributed by atoms with Crippen molar-refractivity contribution >= 4 is 5.84 Å². The number of piperidine rings is 1. The minimum Gasteiger partial charge on any atom is -0.396 e. The van der Waals surface area contributed by atoms with E-state index in [1.54, 1.807) is 0 Å². The van der Waals surface area contributed by atoms with E-state index < -0.39 is 0 Å². The van der Waals surface area contributed by atoms with Gasteiger partial charge in [0.25, 0.3) is 0 Å². The molecule has 1 aliphatic heterocycles. The van der Waals surface area contributed by atoms with Crippen molar-refractivity contribution in [2.24, 2.45) is 11.7 Å². The molecule has 98 valence electrons. The zero-order valence-electron chi connectivity index (χ0n) is 10.6. The maximum atomic E-state index is 9.22. The minimum absolute atomic E-state index is 0.115. The smallest absolute Gasteiger partial charge is 0.122 e. The van der Waals surface area contributed by atoms with Crippen LogP contribution < -0.4 is 5.73 Å². The molecule has 1 aromatic rings. The number of nitrogens with two attached hydrogens (primary N) is 1. The first-order valence-electron chi connectivity index (χ1n) is 6.45. The maximum absolute atomic E-state index is 9.22.